The van der Waals surface area contributed by atoms with E-state index >= 15 is 0 Å². The van der Waals surface area contributed by atoms with Crippen molar-refractivity contribution in [1.82, 2.24) is 10.3 Å². The van der Waals surface area contributed by atoms with Gasteiger partial charge in [-0.2, -0.15) is 0 Å². The van der Waals surface area contributed by atoms with Crippen LogP contribution in [0, 0.1) is 0 Å². The van der Waals surface area contributed by atoms with Gasteiger partial charge in [-0.25, -0.2) is 4.98 Å². The van der Waals surface area contributed by atoms with E-state index in [0.29, 0.717) is 5.82 Å². The predicted molar refractivity (Wildman–Crippen MR) is 78.8 cm³/mol. The van der Waals surface area contributed by atoms with Crippen LogP contribution >= 0.6 is 11.6 Å². The second-order valence-electron chi connectivity index (χ2n) is 4.90. The molecule has 0 saturated carbocycles. The normalized spacial score (nSPS) is 11.0. The van der Waals surface area contributed by atoms with Gasteiger partial charge >= 0.3 is 0 Å². The number of hydrogen-bond acceptors (Lipinski definition) is 4. The highest BCUT2D eigenvalue weighted by Crippen LogP contribution is 2.17. The topological polar surface area (TPSA) is 97.1 Å². The fourth-order valence-electron chi connectivity index (χ4n) is 1.36. The van der Waals surface area contributed by atoms with Crippen molar-refractivity contribution >= 4 is 29.2 Å². The molecule has 1 aromatic heterocycles. The van der Waals surface area contributed by atoms with Crippen molar-refractivity contribution in [2.45, 2.75) is 32.7 Å². The van der Waals surface area contributed by atoms with Crippen LogP contribution in [0.4, 0.5) is 5.82 Å². The second-order valence-corrected chi connectivity index (χ2v) is 5.30. The number of aromatic nitrogens is 1. The van der Waals surface area contributed by atoms with E-state index in [0.717, 1.165) is 13.0 Å². The molecule has 0 aromatic carbocycles. The van der Waals surface area contributed by atoms with Crippen molar-refractivity contribution in [1.29, 1.82) is 0 Å². The van der Waals surface area contributed by atoms with Crippen LogP contribution in [0.3, 0.4) is 0 Å². The summed E-state index contributed by atoms with van der Waals surface area (Å²) >= 11 is 5.97. The lowest BCUT2D eigenvalue weighted by Gasteiger charge is -2.22. The van der Waals surface area contributed by atoms with Gasteiger partial charge in [0.1, 0.15) is 17.1 Å². The van der Waals surface area contributed by atoms with Gasteiger partial charge in [0, 0.05) is 6.54 Å². The first-order valence-electron chi connectivity index (χ1n) is 6.30. The molecule has 2 amide bonds. The van der Waals surface area contributed by atoms with Crippen LogP contribution in [0.15, 0.2) is 12.1 Å². The molecular weight excluding hydrogens is 280 g/mol. The Kier molecular flexibility index (Phi) is 5.33. The molecule has 4 N–H and O–H groups in total. The largest absolute Gasteiger partial charge is 0.370 e. The highest BCUT2D eigenvalue weighted by molar-refractivity contribution is 6.33. The molecule has 0 atom stereocenters. The fraction of sp³-hybridized carbons (Fsp3) is 0.462. The molecule has 6 nitrogen and oxygen atoms in total. The summed E-state index contributed by atoms with van der Waals surface area (Å²) in [7, 11) is 0. The number of carbonyl (C=O) groups is 2. The van der Waals surface area contributed by atoms with E-state index in [4.69, 9.17) is 17.3 Å². The van der Waals surface area contributed by atoms with Crippen molar-refractivity contribution in [2.24, 2.45) is 5.73 Å². The van der Waals surface area contributed by atoms with E-state index in [1.165, 1.54) is 13.8 Å². The Labute approximate surface area is 123 Å². The Bertz CT molecular complexity index is 517. The van der Waals surface area contributed by atoms with Crippen molar-refractivity contribution in [2.75, 3.05) is 11.9 Å². The quantitative estimate of drug-likeness (QED) is 0.742. The highest BCUT2D eigenvalue weighted by Gasteiger charge is 2.28. The van der Waals surface area contributed by atoms with E-state index in [1.54, 1.807) is 12.1 Å². The summed E-state index contributed by atoms with van der Waals surface area (Å²) in [6.45, 7) is 5.79. The molecule has 0 aliphatic carbocycles. The number of anilines is 1. The van der Waals surface area contributed by atoms with Crippen molar-refractivity contribution in [3.8, 4) is 0 Å². The number of halogens is 1. The van der Waals surface area contributed by atoms with Crippen LogP contribution in [0.25, 0.3) is 0 Å². The summed E-state index contributed by atoms with van der Waals surface area (Å²) in [5, 5.41) is 5.78. The maximum atomic E-state index is 12.1. The van der Waals surface area contributed by atoms with Gasteiger partial charge in [0.15, 0.2) is 0 Å². The number of pyridine rings is 1. The van der Waals surface area contributed by atoms with E-state index < -0.39 is 17.4 Å². The number of hydrogen-bond donors (Lipinski definition) is 3. The number of carbonyl (C=O) groups excluding carboxylic acids is 2. The average Bonchev–Trinajstić information content (AvgIpc) is 2.37. The molecule has 0 aliphatic rings. The van der Waals surface area contributed by atoms with Crippen molar-refractivity contribution in [3.05, 3.63) is 22.8 Å². The smallest absolute Gasteiger partial charge is 0.272 e. The summed E-state index contributed by atoms with van der Waals surface area (Å²) < 4.78 is 0. The number of nitrogens with zero attached hydrogens (tertiary/aromatic N) is 1. The van der Waals surface area contributed by atoms with Crippen LogP contribution in [-0.4, -0.2) is 28.9 Å². The third-order valence-electron chi connectivity index (χ3n) is 2.66. The monoisotopic (exact) mass is 298 g/mol. The predicted octanol–water partition coefficient (Wildman–Crippen LogP) is 1.55. The molecule has 110 valence electrons. The molecule has 0 unspecified atom stereocenters. The van der Waals surface area contributed by atoms with Gasteiger partial charge in [-0.05, 0) is 32.4 Å². The van der Waals surface area contributed by atoms with Crippen LogP contribution in [0.5, 0.6) is 0 Å². The Morgan fingerprint density at radius 3 is 2.60 bits per heavy atom. The number of primary amides is 1. The second kappa shape index (κ2) is 6.56. The van der Waals surface area contributed by atoms with E-state index in [2.05, 4.69) is 15.6 Å². The molecule has 1 rings (SSSR count). The summed E-state index contributed by atoms with van der Waals surface area (Å²) in [4.78, 5) is 27.5. The minimum atomic E-state index is -1.17. The molecule has 0 saturated heterocycles. The molecule has 0 spiro atoms. The van der Waals surface area contributed by atoms with Gasteiger partial charge in [-0.15, -0.1) is 0 Å². The van der Waals surface area contributed by atoms with E-state index in [9.17, 15) is 9.59 Å². The Balaban J connectivity index is 2.94. The van der Waals surface area contributed by atoms with Gasteiger partial charge < -0.3 is 16.4 Å². The lowest BCUT2D eigenvalue weighted by molar-refractivity contribution is -0.122. The molecule has 0 radical (unpaired) electrons. The zero-order chi connectivity index (χ0) is 15.3. The van der Waals surface area contributed by atoms with Gasteiger partial charge in [0.05, 0.1) is 5.02 Å². The molecule has 1 heterocycles. The molecular formula is C13H19ClN4O2. The van der Waals surface area contributed by atoms with Crippen molar-refractivity contribution < 1.29 is 9.59 Å². The Morgan fingerprint density at radius 1 is 1.40 bits per heavy atom. The standard InChI is InChI=1S/C13H19ClN4O2/c1-4-7-16-9-6-5-8(14)10(17-9)11(19)18-13(2,3)12(15)20/h5-6H,4,7H2,1-3H3,(H2,15,20)(H,16,17)(H,18,19). The fourth-order valence-corrected chi connectivity index (χ4v) is 1.55. The van der Waals surface area contributed by atoms with Gasteiger partial charge in [0.25, 0.3) is 5.91 Å². The van der Waals surface area contributed by atoms with Crippen molar-refractivity contribution in [3.63, 3.8) is 0 Å². The van der Waals surface area contributed by atoms with Crippen LogP contribution in [0.1, 0.15) is 37.7 Å². The minimum absolute atomic E-state index is 0.0575. The van der Waals surface area contributed by atoms with Crippen LogP contribution in [0.2, 0.25) is 5.02 Å². The molecule has 1 aromatic rings. The summed E-state index contributed by atoms with van der Waals surface area (Å²) in [5.41, 5.74) is 4.10. The van der Waals surface area contributed by atoms with Gasteiger partial charge in [-0.3, -0.25) is 9.59 Å². The third kappa shape index (κ3) is 4.09. The Hall–Kier alpha value is -1.82. The van der Waals surface area contributed by atoms with E-state index in [1.807, 2.05) is 6.92 Å². The van der Waals surface area contributed by atoms with E-state index in [-0.39, 0.29) is 10.7 Å². The highest BCUT2D eigenvalue weighted by atomic mass is 35.5. The first kappa shape index (κ1) is 16.2. The molecule has 20 heavy (non-hydrogen) atoms. The number of nitrogens with one attached hydrogen (secondary N) is 2. The summed E-state index contributed by atoms with van der Waals surface area (Å²) in [6.07, 6.45) is 0.931. The summed E-state index contributed by atoms with van der Waals surface area (Å²) in [6, 6.07) is 3.27. The number of rotatable bonds is 6. The maximum absolute atomic E-state index is 12.1. The SMILES string of the molecule is CCCNc1ccc(Cl)c(C(=O)NC(C)(C)C(N)=O)n1. The molecule has 0 aliphatic heterocycles. The molecule has 7 heteroatoms. The minimum Gasteiger partial charge on any atom is -0.370 e. The molecule has 0 bridgehead atoms. The number of nitrogens with two attached hydrogens (primary N) is 1. The van der Waals surface area contributed by atoms with Crippen LogP contribution in [-0.2, 0) is 4.79 Å². The Morgan fingerprint density at radius 2 is 2.05 bits per heavy atom. The van der Waals surface area contributed by atoms with Crippen LogP contribution < -0.4 is 16.4 Å². The zero-order valence-electron chi connectivity index (χ0n) is 11.8. The average molecular weight is 299 g/mol. The summed E-state index contributed by atoms with van der Waals surface area (Å²) in [5.74, 6) is -0.625. The lowest BCUT2D eigenvalue weighted by atomic mass is 10.1. The lowest BCUT2D eigenvalue weighted by Crippen LogP contribution is -2.53. The first-order valence-corrected chi connectivity index (χ1v) is 6.68. The first-order chi connectivity index (χ1) is 9.27. The molecule has 0 fully saturated rings. The van der Waals surface area contributed by atoms with Gasteiger partial charge in [-0.1, -0.05) is 18.5 Å². The third-order valence-corrected chi connectivity index (χ3v) is 2.96. The van der Waals surface area contributed by atoms with Gasteiger partial charge in [0.2, 0.25) is 5.91 Å². The number of amides is 2. The zero-order valence-corrected chi connectivity index (χ0v) is 12.5. The maximum Gasteiger partial charge on any atom is 0.272 e.